The molecule has 0 aromatic heterocycles. The predicted molar refractivity (Wildman–Crippen MR) is 136 cm³/mol. The highest BCUT2D eigenvalue weighted by Crippen LogP contribution is 2.41. The molecule has 0 spiro atoms. The van der Waals surface area contributed by atoms with Crippen LogP contribution in [0.3, 0.4) is 0 Å². The number of cyclic esters (lactones) is 1. The summed E-state index contributed by atoms with van der Waals surface area (Å²) in [5.41, 5.74) is 1.23. The third-order valence-electron chi connectivity index (χ3n) is 6.40. The Balaban J connectivity index is 1.68. The number of amides is 1. The van der Waals surface area contributed by atoms with Crippen molar-refractivity contribution in [1.82, 2.24) is 5.32 Å². The van der Waals surface area contributed by atoms with Crippen molar-refractivity contribution in [3.63, 3.8) is 0 Å². The van der Waals surface area contributed by atoms with E-state index in [1.54, 1.807) is 36.4 Å². The van der Waals surface area contributed by atoms with Gasteiger partial charge in [-0.3, -0.25) is 4.79 Å². The molecule has 5 rings (SSSR count). The van der Waals surface area contributed by atoms with E-state index in [-0.39, 0.29) is 12.2 Å². The van der Waals surface area contributed by atoms with Crippen LogP contribution in [0.25, 0.3) is 5.76 Å². The van der Waals surface area contributed by atoms with Gasteiger partial charge in [0.2, 0.25) is 0 Å². The van der Waals surface area contributed by atoms with Gasteiger partial charge in [-0.15, -0.1) is 0 Å². The molecule has 0 saturated heterocycles. The largest absolute Gasteiger partial charge is 0.424 e. The SMILES string of the molecule is O=C(N[C@]1(Cc2ccccc2)C(=O)OC(c2ccccc2)=C[C@@H]1c1ccc(F)cc1)c1ccccc1. The third kappa shape index (κ3) is 4.68. The molecule has 1 N–H and O–H groups in total. The van der Waals surface area contributed by atoms with E-state index in [1.807, 2.05) is 72.8 Å². The summed E-state index contributed by atoms with van der Waals surface area (Å²) in [6.07, 6.45) is 2.03. The molecule has 1 aliphatic rings. The Labute approximate surface area is 209 Å². The number of hydrogen-bond donors (Lipinski definition) is 1. The minimum absolute atomic E-state index is 0.186. The zero-order valence-electron chi connectivity index (χ0n) is 19.4. The van der Waals surface area contributed by atoms with Crippen LogP contribution in [0, 0.1) is 5.82 Å². The predicted octanol–water partition coefficient (Wildman–Crippen LogP) is 5.92. The number of carbonyl (C=O) groups is 2. The second kappa shape index (κ2) is 10.0. The second-order valence-corrected chi connectivity index (χ2v) is 8.77. The number of halogens is 1. The first kappa shape index (κ1) is 23.2. The molecule has 0 saturated carbocycles. The Morgan fingerprint density at radius 1 is 0.806 bits per heavy atom. The van der Waals surface area contributed by atoms with Gasteiger partial charge >= 0.3 is 5.97 Å². The van der Waals surface area contributed by atoms with Crippen LogP contribution in [0.2, 0.25) is 0 Å². The summed E-state index contributed by atoms with van der Waals surface area (Å²) in [4.78, 5) is 27.4. The summed E-state index contributed by atoms with van der Waals surface area (Å²) >= 11 is 0. The van der Waals surface area contributed by atoms with E-state index in [0.717, 1.165) is 11.1 Å². The van der Waals surface area contributed by atoms with Gasteiger partial charge < -0.3 is 10.1 Å². The van der Waals surface area contributed by atoms with Crippen LogP contribution in [0.15, 0.2) is 121 Å². The van der Waals surface area contributed by atoms with Crippen molar-refractivity contribution >= 4 is 17.6 Å². The molecule has 4 aromatic carbocycles. The van der Waals surface area contributed by atoms with Gasteiger partial charge in [-0.25, -0.2) is 9.18 Å². The number of ether oxygens (including phenoxy) is 1. The maximum absolute atomic E-state index is 14.0. The van der Waals surface area contributed by atoms with E-state index in [9.17, 15) is 14.0 Å². The lowest BCUT2D eigenvalue weighted by atomic mass is 9.73. The molecule has 0 fully saturated rings. The zero-order chi connectivity index (χ0) is 25.0. The minimum atomic E-state index is -1.47. The zero-order valence-corrected chi connectivity index (χ0v) is 19.4. The van der Waals surface area contributed by atoms with Crippen LogP contribution in [0.5, 0.6) is 0 Å². The standard InChI is InChI=1S/C31H24FNO3/c32-26-18-16-23(17-19-26)27-20-28(24-12-6-2-7-13-24)36-30(35)31(27,21-22-10-4-1-5-11-22)33-29(34)25-14-8-3-9-15-25/h1-20,27H,21H2,(H,33,34)/t27-,31+/m1/s1. The highest BCUT2D eigenvalue weighted by Gasteiger charge is 2.51. The average molecular weight is 478 g/mol. The van der Waals surface area contributed by atoms with E-state index >= 15 is 0 Å². The van der Waals surface area contributed by atoms with Crippen LogP contribution in [0.4, 0.5) is 4.39 Å². The highest BCUT2D eigenvalue weighted by molar-refractivity contribution is 6.00. The summed E-state index contributed by atoms with van der Waals surface area (Å²) < 4.78 is 19.8. The van der Waals surface area contributed by atoms with Gasteiger partial charge in [0.05, 0.1) is 0 Å². The molecule has 4 nitrogen and oxygen atoms in total. The molecule has 5 heteroatoms. The fourth-order valence-corrected chi connectivity index (χ4v) is 4.59. The molecule has 4 aromatic rings. The van der Waals surface area contributed by atoms with Gasteiger partial charge in [0, 0.05) is 23.5 Å². The molecule has 1 amide bonds. The van der Waals surface area contributed by atoms with Crippen LogP contribution in [-0.4, -0.2) is 17.4 Å². The number of hydrogen-bond acceptors (Lipinski definition) is 3. The normalized spacial score (nSPS) is 19.2. The van der Waals surface area contributed by atoms with E-state index in [0.29, 0.717) is 16.9 Å². The van der Waals surface area contributed by atoms with Crippen molar-refractivity contribution in [1.29, 1.82) is 0 Å². The van der Waals surface area contributed by atoms with Crippen molar-refractivity contribution < 1.29 is 18.7 Å². The van der Waals surface area contributed by atoms with E-state index in [4.69, 9.17) is 4.74 Å². The van der Waals surface area contributed by atoms with Crippen molar-refractivity contribution in [2.24, 2.45) is 0 Å². The third-order valence-corrected chi connectivity index (χ3v) is 6.40. The lowest BCUT2D eigenvalue weighted by Gasteiger charge is -2.41. The number of benzene rings is 4. The molecule has 0 unspecified atom stereocenters. The highest BCUT2D eigenvalue weighted by atomic mass is 19.1. The number of nitrogens with one attached hydrogen (secondary N) is 1. The van der Waals surface area contributed by atoms with Gasteiger partial charge in [0.25, 0.3) is 5.91 Å². The Morgan fingerprint density at radius 3 is 2.03 bits per heavy atom. The number of rotatable bonds is 6. The van der Waals surface area contributed by atoms with Gasteiger partial charge in [-0.05, 0) is 41.5 Å². The molecule has 0 aliphatic carbocycles. The average Bonchev–Trinajstić information content (AvgIpc) is 2.92. The van der Waals surface area contributed by atoms with Crippen molar-refractivity contribution in [3.05, 3.63) is 149 Å². The van der Waals surface area contributed by atoms with Crippen LogP contribution >= 0.6 is 0 Å². The summed E-state index contributed by atoms with van der Waals surface area (Å²) in [6.45, 7) is 0. The lowest BCUT2D eigenvalue weighted by molar-refractivity contribution is -0.145. The Hall–Kier alpha value is -4.51. The number of esters is 1. The van der Waals surface area contributed by atoms with Crippen LogP contribution in [0.1, 0.15) is 33.0 Å². The van der Waals surface area contributed by atoms with Gasteiger partial charge in [-0.2, -0.15) is 0 Å². The molecule has 1 aliphatic heterocycles. The van der Waals surface area contributed by atoms with Crippen LogP contribution in [-0.2, 0) is 16.0 Å². The van der Waals surface area contributed by atoms with Crippen molar-refractivity contribution in [2.45, 2.75) is 17.9 Å². The Bertz CT molecular complexity index is 1390. The van der Waals surface area contributed by atoms with Gasteiger partial charge in [0.15, 0.2) is 5.54 Å². The lowest BCUT2D eigenvalue weighted by Crippen LogP contribution is -2.61. The summed E-state index contributed by atoms with van der Waals surface area (Å²) in [7, 11) is 0. The first-order valence-corrected chi connectivity index (χ1v) is 11.7. The Morgan fingerprint density at radius 2 is 1.39 bits per heavy atom. The second-order valence-electron chi connectivity index (χ2n) is 8.77. The fourth-order valence-electron chi connectivity index (χ4n) is 4.59. The van der Waals surface area contributed by atoms with E-state index in [1.165, 1.54) is 12.1 Å². The van der Waals surface area contributed by atoms with E-state index in [2.05, 4.69) is 5.32 Å². The van der Waals surface area contributed by atoms with Crippen molar-refractivity contribution in [2.75, 3.05) is 0 Å². The molecule has 2 atom stereocenters. The smallest absolute Gasteiger partial charge is 0.338 e. The molecule has 178 valence electrons. The van der Waals surface area contributed by atoms with Gasteiger partial charge in [-0.1, -0.05) is 91.0 Å². The maximum atomic E-state index is 14.0. The maximum Gasteiger partial charge on any atom is 0.338 e. The number of carbonyl (C=O) groups excluding carboxylic acids is 2. The molecule has 0 radical (unpaired) electrons. The van der Waals surface area contributed by atoms with Crippen molar-refractivity contribution in [3.8, 4) is 0 Å². The van der Waals surface area contributed by atoms with Gasteiger partial charge in [0.1, 0.15) is 11.6 Å². The minimum Gasteiger partial charge on any atom is -0.424 e. The summed E-state index contributed by atoms with van der Waals surface area (Å²) in [5.74, 6) is -1.58. The quantitative estimate of drug-likeness (QED) is 0.351. The summed E-state index contributed by atoms with van der Waals surface area (Å²) in [6, 6.07) is 33.5. The molecule has 1 heterocycles. The molecule has 36 heavy (non-hydrogen) atoms. The molecular formula is C31H24FNO3. The molecule has 0 bridgehead atoms. The Kier molecular flexibility index (Phi) is 6.46. The monoisotopic (exact) mass is 477 g/mol. The summed E-state index contributed by atoms with van der Waals surface area (Å²) in [5, 5.41) is 3.03. The topological polar surface area (TPSA) is 55.4 Å². The first-order chi connectivity index (χ1) is 17.5. The van der Waals surface area contributed by atoms with E-state index < -0.39 is 23.3 Å². The first-order valence-electron chi connectivity index (χ1n) is 11.7. The fraction of sp³-hybridized carbons (Fsp3) is 0.0968. The van der Waals surface area contributed by atoms with Crippen LogP contribution < -0.4 is 5.32 Å². The molecular weight excluding hydrogens is 453 g/mol.